The summed E-state index contributed by atoms with van der Waals surface area (Å²) >= 11 is 3.36. The number of non-ortho nitro benzene ring substituents is 2. The number of nitrogens with zero attached hydrogens (tertiary/aromatic N) is 5. The predicted octanol–water partition coefficient (Wildman–Crippen LogP) is 5.22. The number of aliphatic hydroxyl groups excluding tert-OH is 2. The molecular formula is C36H43BrN6O6. The summed E-state index contributed by atoms with van der Waals surface area (Å²) in [6.07, 6.45) is 0. The predicted molar refractivity (Wildman–Crippen MR) is 196 cm³/mol. The lowest BCUT2D eigenvalue weighted by atomic mass is 10.1. The van der Waals surface area contributed by atoms with E-state index < -0.39 is 9.85 Å². The Bertz CT molecular complexity index is 1570. The standard InChI is InChI=1S/C18H21N3O3.C11H15N3O3.C7H7Br/c22-14-18-13-20(16-6-8-17(9-7-16)21(23)24)11-10-19(18)12-15-4-2-1-3-5-15;15-8-9-7-13(6-5-12-9)10-1-3-11(4-2-10)14(16)17;8-6-7-4-2-1-3-5-7/h1-9,18,22H,10-14H2;1-4,9,12,15H,5-8H2;1-5H,6H2. The molecule has 2 aliphatic heterocycles. The molecule has 0 aromatic heterocycles. The van der Waals surface area contributed by atoms with Crippen LogP contribution in [0.5, 0.6) is 0 Å². The molecule has 2 fully saturated rings. The molecule has 260 valence electrons. The summed E-state index contributed by atoms with van der Waals surface area (Å²) in [7, 11) is 0. The van der Waals surface area contributed by atoms with Crippen molar-refractivity contribution in [3.63, 3.8) is 0 Å². The molecule has 0 bridgehead atoms. The van der Waals surface area contributed by atoms with Crippen molar-refractivity contribution >= 4 is 38.7 Å². The molecule has 12 nitrogen and oxygen atoms in total. The summed E-state index contributed by atoms with van der Waals surface area (Å²) in [5.74, 6) is 0. The van der Waals surface area contributed by atoms with Crippen LogP contribution in [0.4, 0.5) is 22.7 Å². The monoisotopic (exact) mass is 734 g/mol. The molecule has 2 saturated heterocycles. The van der Waals surface area contributed by atoms with E-state index in [-0.39, 0.29) is 36.7 Å². The average Bonchev–Trinajstić information content (AvgIpc) is 3.16. The molecule has 0 saturated carbocycles. The molecule has 2 heterocycles. The van der Waals surface area contributed by atoms with Crippen LogP contribution in [0.3, 0.4) is 0 Å². The number of nitro groups is 2. The minimum absolute atomic E-state index is 0.0501. The van der Waals surface area contributed by atoms with Crippen molar-refractivity contribution in [3.05, 3.63) is 141 Å². The van der Waals surface area contributed by atoms with E-state index in [1.165, 1.54) is 35.4 Å². The van der Waals surface area contributed by atoms with Crippen LogP contribution in [0.1, 0.15) is 11.1 Å². The van der Waals surface area contributed by atoms with Gasteiger partial charge in [-0.1, -0.05) is 76.6 Å². The molecule has 0 amide bonds. The van der Waals surface area contributed by atoms with Crippen molar-refractivity contribution in [1.82, 2.24) is 10.2 Å². The third kappa shape index (κ3) is 11.6. The molecule has 49 heavy (non-hydrogen) atoms. The topological polar surface area (TPSA) is 148 Å². The summed E-state index contributed by atoms with van der Waals surface area (Å²) in [6, 6.07) is 33.8. The number of nitrogens with one attached hydrogen (secondary N) is 1. The molecule has 6 rings (SSSR count). The zero-order valence-corrected chi connectivity index (χ0v) is 28.8. The number of halogens is 1. The number of benzene rings is 4. The lowest BCUT2D eigenvalue weighted by Crippen LogP contribution is -2.54. The van der Waals surface area contributed by atoms with E-state index in [0.717, 1.165) is 49.4 Å². The van der Waals surface area contributed by atoms with Crippen LogP contribution in [-0.2, 0) is 11.9 Å². The maximum Gasteiger partial charge on any atom is 0.269 e. The van der Waals surface area contributed by atoms with E-state index >= 15 is 0 Å². The van der Waals surface area contributed by atoms with Gasteiger partial charge in [0, 0.05) is 92.8 Å². The van der Waals surface area contributed by atoms with Crippen LogP contribution in [0.25, 0.3) is 0 Å². The van der Waals surface area contributed by atoms with Gasteiger partial charge in [0.1, 0.15) is 0 Å². The van der Waals surface area contributed by atoms with Gasteiger partial charge in [0.05, 0.1) is 29.1 Å². The maximum absolute atomic E-state index is 10.8. The SMILES string of the molecule is BrCc1ccccc1.O=[N+]([O-])c1ccc(N2CCN(Cc3ccccc3)C(CO)C2)cc1.O=[N+]([O-])c1ccc(N2CCNC(CO)C2)cc1. The number of piperazine rings is 2. The van der Waals surface area contributed by atoms with Gasteiger partial charge in [0.15, 0.2) is 0 Å². The highest BCUT2D eigenvalue weighted by Crippen LogP contribution is 2.24. The number of alkyl halides is 1. The van der Waals surface area contributed by atoms with Crippen LogP contribution < -0.4 is 15.1 Å². The molecule has 3 N–H and O–H groups in total. The van der Waals surface area contributed by atoms with Gasteiger partial charge in [-0.3, -0.25) is 25.1 Å². The van der Waals surface area contributed by atoms with Gasteiger partial charge in [0.2, 0.25) is 0 Å². The Morgan fingerprint density at radius 2 is 1.18 bits per heavy atom. The summed E-state index contributed by atoms with van der Waals surface area (Å²) in [5, 5.41) is 44.3. The molecule has 0 aliphatic carbocycles. The largest absolute Gasteiger partial charge is 0.395 e. The van der Waals surface area contributed by atoms with E-state index in [1.807, 2.05) is 36.4 Å². The second kappa shape index (κ2) is 19.6. The van der Waals surface area contributed by atoms with Gasteiger partial charge in [-0.05, 0) is 35.4 Å². The van der Waals surface area contributed by atoms with E-state index in [2.05, 4.69) is 60.2 Å². The van der Waals surface area contributed by atoms with E-state index in [9.17, 15) is 25.3 Å². The highest BCUT2D eigenvalue weighted by molar-refractivity contribution is 9.08. The first-order chi connectivity index (χ1) is 23.8. The lowest BCUT2D eigenvalue weighted by Gasteiger charge is -2.41. The van der Waals surface area contributed by atoms with Gasteiger partial charge in [-0.2, -0.15) is 0 Å². The van der Waals surface area contributed by atoms with Crippen LogP contribution in [0, 0.1) is 20.2 Å². The molecular weight excluding hydrogens is 692 g/mol. The number of hydrogen-bond donors (Lipinski definition) is 3. The van der Waals surface area contributed by atoms with E-state index in [4.69, 9.17) is 5.11 Å². The zero-order chi connectivity index (χ0) is 35.0. The third-order valence-electron chi connectivity index (χ3n) is 8.37. The van der Waals surface area contributed by atoms with Crippen molar-refractivity contribution < 1.29 is 20.1 Å². The number of rotatable bonds is 9. The van der Waals surface area contributed by atoms with Crippen LogP contribution in [0.2, 0.25) is 0 Å². The number of aliphatic hydroxyl groups is 2. The minimum atomic E-state index is -0.405. The number of nitro benzene ring substituents is 2. The van der Waals surface area contributed by atoms with Crippen LogP contribution in [-0.4, -0.2) is 89.5 Å². The quantitative estimate of drug-likeness (QED) is 0.119. The van der Waals surface area contributed by atoms with Gasteiger partial charge in [0.25, 0.3) is 11.4 Å². The maximum atomic E-state index is 10.8. The first-order valence-electron chi connectivity index (χ1n) is 16.1. The van der Waals surface area contributed by atoms with E-state index in [1.54, 1.807) is 24.3 Å². The minimum Gasteiger partial charge on any atom is -0.395 e. The molecule has 13 heteroatoms. The molecule has 2 atom stereocenters. The highest BCUT2D eigenvalue weighted by Gasteiger charge is 2.27. The Balaban J connectivity index is 0.000000187. The van der Waals surface area contributed by atoms with Crippen LogP contribution in [0.15, 0.2) is 109 Å². The second-order valence-corrected chi connectivity index (χ2v) is 12.2. The van der Waals surface area contributed by atoms with Gasteiger partial charge in [-0.25, -0.2) is 0 Å². The molecule has 0 spiro atoms. The Kier molecular flexibility index (Phi) is 14.9. The Morgan fingerprint density at radius 3 is 1.63 bits per heavy atom. The molecule has 2 unspecified atom stereocenters. The van der Waals surface area contributed by atoms with Crippen molar-refractivity contribution in [3.8, 4) is 0 Å². The number of hydrogen-bond acceptors (Lipinski definition) is 10. The summed E-state index contributed by atoms with van der Waals surface area (Å²) in [5.41, 5.74) is 4.67. The van der Waals surface area contributed by atoms with Gasteiger partial charge < -0.3 is 25.3 Å². The fourth-order valence-corrected chi connectivity index (χ4v) is 6.02. The summed E-state index contributed by atoms with van der Waals surface area (Å²) in [6.45, 7) is 5.77. The van der Waals surface area contributed by atoms with E-state index in [0.29, 0.717) is 13.1 Å². The average molecular weight is 736 g/mol. The van der Waals surface area contributed by atoms with Crippen molar-refractivity contribution in [2.45, 2.75) is 24.0 Å². The Labute approximate surface area is 295 Å². The molecule has 4 aromatic carbocycles. The zero-order valence-electron chi connectivity index (χ0n) is 27.3. The normalized spacial score (nSPS) is 17.6. The van der Waals surface area contributed by atoms with Crippen LogP contribution >= 0.6 is 15.9 Å². The lowest BCUT2D eigenvalue weighted by molar-refractivity contribution is -0.385. The summed E-state index contributed by atoms with van der Waals surface area (Å²) < 4.78 is 0. The van der Waals surface area contributed by atoms with Crippen molar-refractivity contribution in [2.75, 3.05) is 62.3 Å². The second-order valence-electron chi connectivity index (χ2n) is 11.7. The summed E-state index contributed by atoms with van der Waals surface area (Å²) in [4.78, 5) is 27.1. The van der Waals surface area contributed by atoms with Crippen molar-refractivity contribution in [1.29, 1.82) is 0 Å². The fraction of sp³-hybridized carbons (Fsp3) is 0.333. The van der Waals surface area contributed by atoms with Crippen molar-refractivity contribution in [2.24, 2.45) is 0 Å². The Hall–Kier alpha value is -4.40. The fourth-order valence-electron chi connectivity index (χ4n) is 5.65. The first-order valence-corrected chi connectivity index (χ1v) is 17.2. The van der Waals surface area contributed by atoms with Gasteiger partial charge >= 0.3 is 0 Å². The molecule has 4 aromatic rings. The highest BCUT2D eigenvalue weighted by atomic mass is 79.9. The smallest absolute Gasteiger partial charge is 0.269 e. The third-order valence-corrected chi connectivity index (χ3v) is 9.02. The molecule has 0 radical (unpaired) electrons. The molecule has 2 aliphatic rings. The Morgan fingerprint density at radius 1 is 0.673 bits per heavy atom. The first kappa shape index (κ1) is 37.4. The van der Waals surface area contributed by atoms with Gasteiger partial charge in [-0.15, -0.1) is 0 Å². The number of anilines is 2.